The minimum atomic E-state index is -1.30. The van der Waals surface area contributed by atoms with Gasteiger partial charge in [0.25, 0.3) is 5.91 Å². The highest BCUT2D eigenvalue weighted by Gasteiger charge is 2.22. The molecule has 0 heterocycles. The van der Waals surface area contributed by atoms with Gasteiger partial charge in [0.2, 0.25) is 0 Å². The molecule has 0 radical (unpaired) electrons. The van der Waals surface area contributed by atoms with Crippen LogP contribution in [0.4, 0.5) is 0 Å². The van der Waals surface area contributed by atoms with Gasteiger partial charge in [-0.3, -0.25) is 4.79 Å². The summed E-state index contributed by atoms with van der Waals surface area (Å²) in [4.78, 5) is 12.6. The molecule has 0 spiro atoms. The molecule has 0 aliphatic heterocycles. The van der Waals surface area contributed by atoms with Gasteiger partial charge in [0.1, 0.15) is 5.60 Å². The molecule has 0 saturated carbocycles. The van der Waals surface area contributed by atoms with Gasteiger partial charge in [0, 0.05) is 11.4 Å². The standard InChI is InChI=1S/C13H19NO2S/c1-13(2,16)12(15)14-9-8-10-4-6-11(17-3)7-5-10/h4-7,16H,8-9H2,1-3H3,(H,14,15). The van der Waals surface area contributed by atoms with Crippen LogP contribution in [0.2, 0.25) is 0 Å². The molecule has 3 nitrogen and oxygen atoms in total. The molecule has 1 aromatic rings. The first-order valence-electron chi connectivity index (χ1n) is 5.57. The van der Waals surface area contributed by atoms with Gasteiger partial charge in [-0.2, -0.15) is 0 Å². The Bertz CT molecular complexity index is 368. The summed E-state index contributed by atoms with van der Waals surface area (Å²) in [5, 5.41) is 12.1. The van der Waals surface area contributed by atoms with Crippen LogP contribution in [0.25, 0.3) is 0 Å². The Morgan fingerprint density at radius 3 is 2.41 bits per heavy atom. The Balaban J connectivity index is 2.38. The van der Waals surface area contributed by atoms with Crippen molar-refractivity contribution in [3.05, 3.63) is 29.8 Å². The Hall–Kier alpha value is -1.00. The Morgan fingerprint density at radius 2 is 1.94 bits per heavy atom. The minimum Gasteiger partial charge on any atom is -0.381 e. The molecule has 1 rings (SSSR count). The van der Waals surface area contributed by atoms with E-state index in [2.05, 4.69) is 29.6 Å². The zero-order valence-electron chi connectivity index (χ0n) is 10.5. The van der Waals surface area contributed by atoms with Gasteiger partial charge in [0.15, 0.2) is 0 Å². The van der Waals surface area contributed by atoms with Crippen molar-refractivity contribution in [1.82, 2.24) is 5.32 Å². The molecule has 0 aliphatic rings. The number of hydrogen-bond acceptors (Lipinski definition) is 3. The number of benzene rings is 1. The molecule has 0 unspecified atom stereocenters. The predicted molar refractivity (Wildman–Crippen MR) is 71.2 cm³/mol. The van der Waals surface area contributed by atoms with Crippen molar-refractivity contribution in [2.45, 2.75) is 30.8 Å². The average Bonchev–Trinajstić information content (AvgIpc) is 2.28. The van der Waals surface area contributed by atoms with Gasteiger partial charge < -0.3 is 10.4 Å². The van der Waals surface area contributed by atoms with Gasteiger partial charge in [-0.25, -0.2) is 0 Å². The second-order valence-corrected chi connectivity index (χ2v) is 5.29. The summed E-state index contributed by atoms with van der Waals surface area (Å²) in [6.45, 7) is 3.51. The van der Waals surface area contributed by atoms with Crippen molar-refractivity contribution in [1.29, 1.82) is 0 Å². The number of hydrogen-bond donors (Lipinski definition) is 2. The van der Waals surface area contributed by atoms with E-state index < -0.39 is 5.60 Å². The maximum absolute atomic E-state index is 11.4. The molecule has 4 heteroatoms. The van der Waals surface area contributed by atoms with Crippen LogP contribution >= 0.6 is 11.8 Å². The summed E-state index contributed by atoms with van der Waals surface area (Å²) in [6.07, 6.45) is 2.81. The third kappa shape index (κ3) is 4.79. The molecule has 0 bridgehead atoms. The largest absolute Gasteiger partial charge is 0.381 e. The van der Waals surface area contributed by atoms with Crippen molar-refractivity contribution in [3.63, 3.8) is 0 Å². The SMILES string of the molecule is CSc1ccc(CCNC(=O)C(C)(C)O)cc1. The molecule has 0 atom stereocenters. The lowest BCUT2D eigenvalue weighted by Crippen LogP contribution is -2.42. The van der Waals surface area contributed by atoms with Crippen LogP contribution < -0.4 is 5.32 Å². The zero-order chi connectivity index (χ0) is 12.9. The first-order chi connectivity index (χ1) is 7.93. The van der Waals surface area contributed by atoms with E-state index in [0.29, 0.717) is 6.54 Å². The highest BCUT2D eigenvalue weighted by molar-refractivity contribution is 7.98. The molecule has 0 aliphatic carbocycles. The van der Waals surface area contributed by atoms with E-state index in [9.17, 15) is 9.90 Å². The first-order valence-corrected chi connectivity index (χ1v) is 6.79. The van der Waals surface area contributed by atoms with Crippen LogP contribution in [-0.2, 0) is 11.2 Å². The van der Waals surface area contributed by atoms with E-state index in [1.54, 1.807) is 11.8 Å². The van der Waals surface area contributed by atoms with E-state index >= 15 is 0 Å². The third-order valence-corrected chi connectivity index (χ3v) is 3.16. The van der Waals surface area contributed by atoms with E-state index in [1.807, 2.05) is 6.26 Å². The monoisotopic (exact) mass is 253 g/mol. The van der Waals surface area contributed by atoms with E-state index in [-0.39, 0.29) is 5.91 Å². The predicted octanol–water partition coefficient (Wildman–Crippen LogP) is 1.84. The summed E-state index contributed by atoms with van der Waals surface area (Å²) >= 11 is 1.71. The molecule has 1 aromatic carbocycles. The van der Waals surface area contributed by atoms with Crippen molar-refractivity contribution in [3.8, 4) is 0 Å². The number of amides is 1. The molecule has 1 amide bonds. The third-order valence-electron chi connectivity index (χ3n) is 2.41. The van der Waals surface area contributed by atoms with Crippen LogP contribution in [0, 0.1) is 0 Å². The number of rotatable bonds is 5. The summed E-state index contributed by atoms with van der Waals surface area (Å²) in [6, 6.07) is 8.25. The number of carbonyl (C=O) groups excluding carboxylic acids is 1. The summed E-state index contributed by atoms with van der Waals surface area (Å²) in [5.41, 5.74) is -0.123. The van der Waals surface area contributed by atoms with Crippen molar-refractivity contribution in [2.75, 3.05) is 12.8 Å². The number of carbonyl (C=O) groups is 1. The lowest BCUT2D eigenvalue weighted by molar-refractivity contribution is -0.136. The molecule has 2 N–H and O–H groups in total. The van der Waals surface area contributed by atoms with Crippen molar-refractivity contribution >= 4 is 17.7 Å². The van der Waals surface area contributed by atoms with Gasteiger partial charge in [-0.1, -0.05) is 12.1 Å². The fraction of sp³-hybridized carbons (Fsp3) is 0.462. The average molecular weight is 253 g/mol. The van der Waals surface area contributed by atoms with Crippen LogP contribution in [0.5, 0.6) is 0 Å². The van der Waals surface area contributed by atoms with Gasteiger partial charge in [-0.15, -0.1) is 11.8 Å². The topological polar surface area (TPSA) is 49.3 Å². The maximum Gasteiger partial charge on any atom is 0.251 e. The summed E-state index contributed by atoms with van der Waals surface area (Å²) in [7, 11) is 0. The fourth-order valence-corrected chi connectivity index (χ4v) is 1.74. The molecular formula is C13H19NO2S. The second-order valence-electron chi connectivity index (χ2n) is 4.41. The number of nitrogens with one attached hydrogen (secondary N) is 1. The minimum absolute atomic E-state index is 0.335. The molecule has 0 saturated heterocycles. The quantitative estimate of drug-likeness (QED) is 0.787. The van der Waals surface area contributed by atoms with Crippen molar-refractivity contribution < 1.29 is 9.90 Å². The highest BCUT2D eigenvalue weighted by Crippen LogP contribution is 2.14. The lowest BCUT2D eigenvalue weighted by Gasteiger charge is -2.16. The van der Waals surface area contributed by atoms with Crippen LogP contribution in [0.3, 0.4) is 0 Å². The second kappa shape index (κ2) is 6.07. The Morgan fingerprint density at radius 1 is 1.35 bits per heavy atom. The molecule has 94 valence electrons. The van der Waals surface area contributed by atoms with Gasteiger partial charge in [-0.05, 0) is 44.2 Å². The first kappa shape index (κ1) is 14.1. The van der Waals surface area contributed by atoms with Crippen LogP contribution in [0.15, 0.2) is 29.2 Å². The van der Waals surface area contributed by atoms with Gasteiger partial charge >= 0.3 is 0 Å². The van der Waals surface area contributed by atoms with Crippen molar-refractivity contribution in [2.24, 2.45) is 0 Å². The van der Waals surface area contributed by atoms with E-state index in [4.69, 9.17) is 0 Å². The zero-order valence-corrected chi connectivity index (χ0v) is 11.3. The smallest absolute Gasteiger partial charge is 0.251 e. The van der Waals surface area contributed by atoms with Crippen LogP contribution in [0.1, 0.15) is 19.4 Å². The Labute approximate surface area is 107 Å². The number of aliphatic hydroxyl groups is 1. The van der Waals surface area contributed by atoms with E-state index in [0.717, 1.165) is 6.42 Å². The Kier molecular flexibility index (Phi) is 5.02. The van der Waals surface area contributed by atoms with E-state index in [1.165, 1.54) is 24.3 Å². The summed E-state index contributed by atoms with van der Waals surface area (Å²) in [5.74, 6) is -0.335. The lowest BCUT2D eigenvalue weighted by atomic mass is 10.1. The summed E-state index contributed by atoms with van der Waals surface area (Å²) < 4.78 is 0. The molecule has 0 fully saturated rings. The number of thioether (sulfide) groups is 1. The van der Waals surface area contributed by atoms with Crippen LogP contribution in [-0.4, -0.2) is 29.4 Å². The van der Waals surface area contributed by atoms with Gasteiger partial charge in [0.05, 0.1) is 0 Å². The molecule has 17 heavy (non-hydrogen) atoms. The maximum atomic E-state index is 11.4. The molecular weight excluding hydrogens is 234 g/mol. The molecule has 0 aromatic heterocycles. The normalized spacial score (nSPS) is 11.3. The highest BCUT2D eigenvalue weighted by atomic mass is 32.2. The fourth-order valence-electron chi connectivity index (χ4n) is 1.33.